The van der Waals surface area contributed by atoms with Crippen LogP contribution in [0.1, 0.15) is 5.69 Å². The lowest BCUT2D eigenvalue weighted by Crippen LogP contribution is -2.30. The second-order valence-electron chi connectivity index (χ2n) is 6.65. The molecule has 0 saturated carbocycles. The molecule has 0 atom stereocenters. The molecule has 0 aliphatic heterocycles. The van der Waals surface area contributed by atoms with Gasteiger partial charge in [-0.2, -0.15) is 4.72 Å². The number of pyridine rings is 1. The van der Waals surface area contributed by atoms with E-state index in [2.05, 4.69) is 14.7 Å². The van der Waals surface area contributed by atoms with E-state index in [0.29, 0.717) is 16.4 Å². The van der Waals surface area contributed by atoms with Crippen molar-refractivity contribution in [3.63, 3.8) is 0 Å². The first-order chi connectivity index (χ1) is 15.2. The van der Waals surface area contributed by atoms with Crippen molar-refractivity contribution < 1.29 is 22.9 Å². The SMILES string of the molecule is CN(C)c1ccc(S(=O)(=O)NCC(=O)OCc2csc(-c3ccccn3)n2)cc1[N+](=O)[O-]. The maximum absolute atomic E-state index is 12.5. The summed E-state index contributed by atoms with van der Waals surface area (Å²) in [6.07, 6.45) is 1.64. The third kappa shape index (κ3) is 5.63. The zero-order valence-electron chi connectivity index (χ0n) is 17.1. The Labute approximate surface area is 187 Å². The standard InChI is InChI=1S/C19H19N5O6S2/c1-23(2)16-7-6-14(9-17(16)24(26)27)32(28,29)21-10-18(25)30-11-13-12-31-19(22-13)15-5-3-4-8-20-15/h3-9,12,21H,10-11H2,1-2H3. The maximum atomic E-state index is 12.5. The molecule has 168 valence electrons. The number of benzene rings is 1. The van der Waals surface area contributed by atoms with Crippen molar-refractivity contribution in [1.29, 1.82) is 0 Å². The summed E-state index contributed by atoms with van der Waals surface area (Å²) >= 11 is 1.34. The minimum atomic E-state index is -4.16. The Morgan fingerprint density at radius 3 is 2.72 bits per heavy atom. The van der Waals surface area contributed by atoms with Gasteiger partial charge in [0.05, 0.1) is 21.2 Å². The van der Waals surface area contributed by atoms with Gasteiger partial charge in [-0.3, -0.25) is 19.9 Å². The number of aromatic nitrogens is 2. The Morgan fingerprint density at radius 1 is 1.28 bits per heavy atom. The highest BCUT2D eigenvalue weighted by Gasteiger charge is 2.23. The van der Waals surface area contributed by atoms with Gasteiger partial charge in [0.25, 0.3) is 5.69 Å². The second kappa shape index (κ2) is 9.80. The summed E-state index contributed by atoms with van der Waals surface area (Å²) in [6.45, 7) is -0.768. The molecule has 13 heteroatoms. The van der Waals surface area contributed by atoms with Gasteiger partial charge in [-0.05, 0) is 24.3 Å². The molecule has 1 N–H and O–H groups in total. The molecular weight excluding hydrogens is 458 g/mol. The number of carbonyl (C=O) groups excluding carboxylic acids is 1. The van der Waals surface area contributed by atoms with Gasteiger partial charge in [-0.1, -0.05) is 6.07 Å². The Balaban J connectivity index is 1.59. The largest absolute Gasteiger partial charge is 0.458 e. The van der Waals surface area contributed by atoms with Gasteiger partial charge >= 0.3 is 5.97 Å². The molecule has 2 heterocycles. The summed E-state index contributed by atoms with van der Waals surface area (Å²) in [5, 5.41) is 13.6. The zero-order chi connectivity index (χ0) is 23.3. The van der Waals surface area contributed by atoms with Gasteiger partial charge in [-0.15, -0.1) is 11.3 Å². The van der Waals surface area contributed by atoms with E-state index in [1.807, 2.05) is 6.07 Å². The van der Waals surface area contributed by atoms with Crippen LogP contribution in [-0.2, 0) is 26.2 Å². The van der Waals surface area contributed by atoms with E-state index in [9.17, 15) is 23.3 Å². The summed E-state index contributed by atoms with van der Waals surface area (Å²) in [7, 11) is -0.957. The molecule has 3 aromatic rings. The number of carbonyl (C=O) groups is 1. The van der Waals surface area contributed by atoms with E-state index in [-0.39, 0.29) is 22.9 Å². The van der Waals surface area contributed by atoms with Gasteiger partial charge in [0.15, 0.2) is 0 Å². The van der Waals surface area contributed by atoms with Crippen LogP contribution < -0.4 is 9.62 Å². The summed E-state index contributed by atoms with van der Waals surface area (Å²) in [6, 6.07) is 8.92. The number of esters is 1. The van der Waals surface area contributed by atoms with Crippen LogP contribution in [0.2, 0.25) is 0 Å². The zero-order valence-corrected chi connectivity index (χ0v) is 18.7. The number of hydrogen-bond donors (Lipinski definition) is 1. The third-order valence-electron chi connectivity index (χ3n) is 4.16. The molecule has 0 bridgehead atoms. The molecular formula is C19H19N5O6S2. The Bertz CT molecular complexity index is 1230. The van der Waals surface area contributed by atoms with Crippen LogP contribution in [0.4, 0.5) is 11.4 Å². The van der Waals surface area contributed by atoms with Crippen molar-refractivity contribution in [2.45, 2.75) is 11.5 Å². The Morgan fingerprint density at radius 2 is 2.06 bits per heavy atom. The first kappa shape index (κ1) is 23.2. The van der Waals surface area contributed by atoms with Crippen LogP contribution >= 0.6 is 11.3 Å². The number of nitro benzene ring substituents is 1. The molecule has 0 aliphatic rings. The Kier molecular flexibility index (Phi) is 7.12. The van der Waals surface area contributed by atoms with E-state index in [1.165, 1.54) is 28.4 Å². The fourth-order valence-corrected chi connectivity index (χ4v) is 4.39. The average Bonchev–Trinajstić information content (AvgIpc) is 3.25. The van der Waals surface area contributed by atoms with Crippen molar-refractivity contribution in [3.8, 4) is 10.7 Å². The molecule has 32 heavy (non-hydrogen) atoms. The Hall–Kier alpha value is -3.42. The highest BCUT2D eigenvalue weighted by atomic mass is 32.2. The quantitative estimate of drug-likeness (QED) is 0.278. The number of hydrogen-bond acceptors (Lipinski definition) is 10. The van der Waals surface area contributed by atoms with Crippen LogP contribution in [0.25, 0.3) is 10.7 Å². The van der Waals surface area contributed by atoms with E-state index < -0.39 is 27.5 Å². The average molecular weight is 478 g/mol. The molecule has 11 nitrogen and oxygen atoms in total. The summed E-state index contributed by atoms with van der Waals surface area (Å²) in [5.41, 5.74) is 1.08. The van der Waals surface area contributed by atoms with Crippen LogP contribution in [0, 0.1) is 10.1 Å². The third-order valence-corrected chi connectivity index (χ3v) is 6.47. The fourth-order valence-electron chi connectivity index (χ4n) is 2.62. The number of rotatable bonds is 9. The minimum absolute atomic E-state index is 0.132. The topological polar surface area (TPSA) is 145 Å². The predicted molar refractivity (Wildman–Crippen MR) is 118 cm³/mol. The van der Waals surface area contributed by atoms with Crippen molar-refractivity contribution in [3.05, 3.63) is 63.8 Å². The van der Waals surface area contributed by atoms with E-state index in [0.717, 1.165) is 6.07 Å². The van der Waals surface area contributed by atoms with Crippen LogP contribution in [0.15, 0.2) is 52.9 Å². The normalized spacial score (nSPS) is 11.2. The summed E-state index contributed by atoms with van der Waals surface area (Å²) < 4.78 is 32.1. The number of nitrogens with one attached hydrogen (secondary N) is 1. The van der Waals surface area contributed by atoms with Crippen LogP contribution in [-0.4, -0.2) is 49.9 Å². The highest BCUT2D eigenvalue weighted by Crippen LogP contribution is 2.29. The van der Waals surface area contributed by atoms with E-state index >= 15 is 0 Å². The predicted octanol–water partition coefficient (Wildman–Crippen LogP) is 2.20. The molecule has 0 amide bonds. The molecule has 0 unspecified atom stereocenters. The lowest BCUT2D eigenvalue weighted by atomic mass is 10.2. The van der Waals surface area contributed by atoms with Gasteiger partial charge in [0.1, 0.15) is 23.8 Å². The summed E-state index contributed by atoms with van der Waals surface area (Å²) in [5.74, 6) is -0.819. The smallest absolute Gasteiger partial charge is 0.321 e. The second-order valence-corrected chi connectivity index (χ2v) is 9.27. The maximum Gasteiger partial charge on any atom is 0.321 e. The van der Waals surface area contributed by atoms with Gasteiger partial charge < -0.3 is 9.64 Å². The van der Waals surface area contributed by atoms with Crippen molar-refractivity contribution >= 4 is 38.7 Å². The van der Waals surface area contributed by atoms with Gasteiger partial charge in [0, 0.05) is 31.7 Å². The minimum Gasteiger partial charge on any atom is -0.458 e. The number of ether oxygens (including phenoxy) is 1. The van der Waals surface area contributed by atoms with Crippen molar-refractivity contribution in [1.82, 2.24) is 14.7 Å². The van der Waals surface area contributed by atoms with Crippen molar-refractivity contribution in [2.75, 3.05) is 25.5 Å². The van der Waals surface area contributed by atoms with Crippen molar-refractivity contribution in [2.24, 2.45) is 0 Å². The first-order valence-corrected chi connectivity index (χ1v) is 11.5. The van der Waals surface area contributed by atoms with Crippen LogP contribution in [0.3, 0.4) is 0 Å². The number of sulfonamides is 1. The fraction of sp³-hybridized carbons (Fsp3) is 0.211. The van der Waals surface area contributed by atoms with E-state index in [1.54, 1.807) is 37.8 Å². The number of nitro groups is 1. The molecule has 0 spiro atoms. The molecule has 1 aromatic carbocycles. The molecule has 3 rings (SSSR count). The number of thiazole rings is 1. The molecule has 0 saturated heterocycles. The molecule has 2 aromatic heterocycles. The first-order valence-electron chi connectivity index (χ1n) is 9.14. The monoisotopic (exact) mass is 477 g/mol. The van der Waals surface area contributed by atoms with E-state index in [4.69, 9.17) is 4.74 Å². The number of anilines is 1. The van der Waals surface area contributed by atoms with Gasteiger partial charge in [-0.25, -0.2) is 13.4 Å². The highest BCUT2D eigenvalue weighted by molar-refractivity contribution is 7.89. The van der Waals surface area contributed by atoms with Gasteiger partial charge in [0.2, 0.25) is 10.0 Å². The van der Waals surface area contributed by atoms with Crippen LogP contribution in [0.5, 0.6) is 0 Å². The lowest BCUT2D eigenvalue weighted by molar-refractivity contribution is -0.384. The molecule has 0 fully saturated rings. The number of nitrogens with zero attached hydrogens (tertiary/aromatic N) is 4. The lowest BCUT2D eigenvalue weighted by Gasteiger charge is -2.13. The molecule has 0 aliphatic carbocycles. The summed E-state index contributed by atoms with van der Waals surface area (Å²) in [4.78, 5) is 32.3. The molecule has 0 radical (unpaired) electrons.